The van der Waals surface area contributed by atoms with Gasteiger partial charge in [-0.2, -0.15) is 0 Å². The third kappa shape index (κ3) is 5.86. The summed E-state index contributed by atoms with van der Waals surface area (Å²) in [4.78, 5) is 42.8. The van der Waals surface area contributed by atoms with Gasteiger partial charge in [0.2, 0.25) is 11.8 Å². The SMILES string of the molecule is O=C(CCC(=O)N1CCN(C(=O)CN2CCOCC2)CC1)c1ccc(Br)cc1. The first-order chi connectivity index (χ1) is 13.5. The molecular weight excluding hydrogens is 426 g/mol. The predicted molar refractivity (Wildman–Crippen MR) is 108 cm³/mol. The Kier molecular flexibility index (Phi) is 7.58. The van der Waals surface area contributed by atoms with Crippen molar-refractivity contribution in [3.63, 3.8) is 0 Å². The Hall–Kier alpha value is -1.77. The zero-order valence-electron chi connectivity index (χ0n) is 15.9. The van der Waals surface area contributed by atoms with Crippen LogP contribution in [0.4, 0.5) is 0 Å². The van der Waals surface area contributed by atoms with E-state index < -0.39 is 0 Å². The third-order valence-electron chi connectivity index (χ3n) is 5.18. The number of carbonyl (C=O) groups is 3. The summed E-state index contributed by atoms with van der Waals surface area (Å²) in [6.45, 7) is 5.50. The number of ether oxygens (including phenoxy) is 1. The fourth-order valence-electron chi connectivity index (χ4n) is 3.41. The van der Waals surface area contributed by atoms with Crippen molar-refractivity contribution in [1.82, 2.24) is 14.7 Å². The van der Waals surface area contributed by atoms with E-state index in [-0.39, 0.29) is 30.4 Å². The van der Waals surface area contributed by atoms with E-state index in [9.17, 15) is 14.4 Å². The zero-order valence-corrected chi connectivity index (χ0v) is 17.5. The average Bonchev–Trinajstić information content (AvgIpc) is 2.73. The van der Waals surface area contributed by atoms with Crippen molar-refractivity contribution in [3.8, 4) is 0 Å². The van der Waals surface area contributed by atoms with Crippen molar-refractivity contribution in [2.75, 3.05) is 59.0 Å². The van der Waals surface area contributed by atoms with Gasteiger partial charge in [0.15, 0.2) is 5.78 Å². The normalized spacial score (nSPS) is 18.2. The van der Waals surface area contributed by atoms with Crippen LogP contribution >= 0.6 is 15.9 Å². The summed E-state index contributed by atoms with van der Waals surface area (Å²) in [5.41, 5.74) is 0.620. The van der Waals surface area contributed by atoms with Crippen molar-refractivity contribution in [2.24, 2.45) is 0 Å². The Labute approximate surface area is 173 Å². The van der Waals surface area contributed by atoms with E-state index in [1.807, 2.05) is 17.0 Å². The summed E-state index contributed by atoms with van der Waals surface area (Å²) in [7, 11) is 0. The molecule has 1 aromatic carbocycles. The van der Waals surface area contributed by atoms with Gasteiger partial charge in [-0.05, 0) is 12.1 Å². The number of amides is 2. The largest absolute Gasteiger partial charge is 0.379 e. The molecule has 0 bridgehead atoms. The third-order valence-corrected chi connectivity index (χ3v) is 5.71. The van der Waals surface area contributed by atoms with Crippen molar-refractivity contribution in [3.05, 3.63) is 34.3 Å². The van der Waals surface area contributed by atoms with E-state index in [2.05, 4.69) is 20.8 Å². The highest BCUT2D eigenvalue weighted by molar-refractivity contribution is 9.10. The van der Waals surface area contributed by atoms with Gasteiger partial charge in [0, 0.05) is 62.1 Å². The summed E-state index contributed by atoms with van der Waals surface area (Å²) in [6, 6.07) is 7.16. The Bertz CT molecular complexity index is 696. The first kappa shape index (κ1) is 21.0. The van der Waals surface area contributed by atoms with Gasteiger partial charge < -0.3 is 14.5 Å². The van der Waals surface area contributed by atoms with Gasteiger partial charge in [-0.15, -0.1) is 0 Å². The summed E-state index contributed by atoms with van der Waals surface area (Å²) in [6.07, 6.45) is 0.410. The molecule has 28 heavy (non-hydrogen) atoms. The Morgan fingerprint density at radius 3 is 2.00 bits per heavy atom. The van der Waals surface area contributed by atoms with Crippen LogP contribution in [0.15, 0.2) is 28.7 Å². The molecule has 0 atom stereocenters. The number of halogens is 1. The van der Waals surface area contributed by atoms with E-state index >= 15 is 0 Å². The summed E-state index contributed by atoms with van der Waals surface area (Å²) in [5.74, 6) is 0.0605. The van der Waals surface area contributed by atoms with Gasteiger partial charge >= 0.3 is 0 Å². The monoisotopic (exact) mass is 451 g/mol. The molecule has 1 aromatic rings. The van der Waals surface area contributed by atoms with Gasteiger partial charge in [0.05, 0.1) is 19.8 Å². The van der Waals surface area contributed by atoms with Crippen LogP contribution < -0.4 is 0 Å². The Balaban J connectivity index is 1.39. The minimum atomic E-state index is -0.0276. The number of benzene rings is 1. The van der Waals surface area contributed by atoms with Crippen molar-refractivity contribution >= 4 is 33.5 Å². The molecule has 2 fully saturated rings. The molecule has 152 valence electrons. The molecule has 0 unspecified atom stereocenters. The maximum atomic E-state index is 12.4. The molecular formula is C20H26BrN3O4. The van der Waals surface area contributed by atoms with Crippen LogP contribution in [-0.2, 0) is 14.3 Å². The smallest absolute Gasteiger partial charge is 0.236 e. The van der Waals surface area contributed by atoms with Crippen LogP contribution in [0.5, 0.6) is 0 Å². The number of rotatable bonds is 6. The van der Waals surface area contributed by atoms with Gasteiger partial charge in [-0.3, -0.25) is 19.3 Å². The maximum absolute atomic E-state index is 12.4. The molecule has 0 aliphatic carbocycles. The molecule has 0 aromatic heterocycles. The highest BCUT2D eigenvalue weighted by atomic mass is 79.9. The second-order valence-electron chi connectivity index (χ2n) is 7.08. The quantitative estimate of drug-likeness (QED) is 0.611. The number of hydrogen-bond acceptors (Lipinski definition) is 5. The summed E-state index contributed by atoms with van der Waals surface area (Å²) >= 11 is 3.34. The van der Waals surface area contributed by atoms with Crippen LogP contribution in [0.3, 0.4) is 0 Å². The van der Waals surface area contributed by atoms with Crippen LogP contribution in [0.25, 0.3) is 0 Å². The number of nitrogens with zero attached hydrogens (tertiary/aromatic N) is 3. The molecule has 7 nitrogen and oxygen atoms in total. The van der Waals surface area contributed by atoms with Crippen molar-refractivity contribution in [2.45, 2.75) is 12.8 Å². The second-order valence-corrected chi connectivity index (χ2v) is 8.00. The molecule has 0 radical (unpaired) electrons. The Morgan fingerprint density at radius 1 is 0.821 bits per heavy atom. The van der Waals surface area contributed by atoms with Gasteiger partial charge in [-0.1, -0.05) is 28.1 Å². The van der Waals surface area contributed by atoms with E-state index in [4.69, 9.17) is 4.74 Å². The second kappa shape index (κ2) is 10.1. The summed E-state index contributed by atoms with van der Waals surface area (Å²) in [5, 5.41) is 0. The standard InChI is InChI=1S/C20H26BrN3O4/c21-17-3-1-16(2-4-17)18(25)5-6-19(26)23-7-9-24(10-8-23)20(27)15-22-11-13-28-14-12-22/h1-4H,5-15H2. The molecule has 2 aliphatic rings. The highest BCUT2D eigenvalue weighted by Crippen LogP contribution is 2.14. The molecule has 0 saturated carbocycles. The molecule has 2 saturated heterocycles. The lowest BCUT2D eigenvalue weighted by Crippen LogP contribution is -2.53. The minimum Gasteiger partial charge on any atom is -0.379 e. The number of carbonyl (C=O) groups excluding carboxylic acids is 3. The van der Waals surface area contributed by atoms with E-state index in [0.29, 0.717) is 51.5 Å². The molecule has 3 rings (SSSR count). The Morgan fingerprint density at radius 2 is 1.39 bits per heavy atom. The fraction of sp³-hybridized carbons (Fsp3) is 0.550. The highest BCUT2D eigenvalue weighted by Gasteiger charge is 2.25. The van der Waals surface area contributed by atoms with Gasteiger partial charge in [-0.25, -0.2) is 0 Å². The van der Waals surface area contributed by atoms with Crippen LogP contribution in [-0.4, -0.2) is 91.3 Å². The minimum absolute atomic E-state index is 0.0225. The average molecular weight is 452 g/mol. The molecule has 2 heterocycles. The molecule has 0 N–H and O–H groups in total. The maximum Gasteiger partial charge on any atom is 0.236 e. The molecule has 8 heteroatoms. The molecule has 2 aliphatic heterocycles. The lowest BCUT2D eigenvalue weighted by Gasteiger charge is -2.36. The van der Waals surface area contributed by atoms with Crippen LogP contribution in [0.2, 0.25) is 0 Å². The molecule has 2 amide bonds. The first-order valence-corrected chi connectivity index (χ1v) is 10.5. The van der Waals surface area contributed by atoms with E-state index in [0.717, 1.165) is 17.6 Å². The number of morpholine rings is 1. The lowest BCUT2D eigenvalue weighted by atomic mass is 10.1. The van der Waals surface area contributed by atoms with Crippen molar-refractivity contribution in [1.29, 1.82) is 0 Å². The lowest BCUT2D eigenvalue weighted by molar-refractivity contribution is -0.140. The predicted octanol–water partition coefficient (Wildman–Crippen LogP) is 1.42. The van der Waals surface area contributed by atoms with Crippen LogP contribution in [0, 0.1) is 0 Å². The summed E-state index contributed by atoms with van der Waals surface area (Å²) < 4.78 is 6.22. The molecule has 0 spiro atoms. The first-order valence-electron chi connectivity index (χ1n) is 9.67. The number of Topliss-reactive ketones (excluding diaryl/α,β-unsaturated/α-hetero) is 1. The number of ketones is 1. The van der Waals surface area contributed by atoms with Crippen LogP contribution in [0.1, 0.15) is 23.2 Å². The number of piperazine rings is 1. The van der Waals surface area contributed by atoms with E-state index in [1.165, 1.54) is 0 Å². The van der Waals surface area contributed by atoms with Gasteiger partial charge in [0.25, 0.3) is 0 Å². The fourth-order valence-corrected chi connectivity index (χ4v) is 3.68. The zero-order chi connectivity index (χ0) is 19.9. The van der Waals surface area contributed by atoms with Crippen molar-refractivity contribution < 1.29 is 19.1 Å². The van der Waals surface area contributed by atoms with E-state index in [1.54, 1.807) is 17.0 Å². The topological polar surface area (TPSA) is 70.2 Å². The number of hydrogen-bond donors (Lipinski definition) is 0. The van der Waals surface area contributed by atoms with Gasteiger partial charge in [0.1, 0.15) is 0 Å².